The maximum atomic E-state index is 4.84. The third-order valence-electron chi connectivity index (χ3n) is 4.00. The van der Waals surface area contributed by atoms with Crippen molar-refractivity contribution < 1.29 is 0 Å². The lowest BCUT2D eigenvalue weighted by Gasteiger charge is -2.06. The summed E-state index contributed by atoms with van der Waals surface area (Å²) >= 11 is 0. The molecule has 0 radical (unpaired) electrons. The van der Waals surface area contributed by atoms with Crippen LogP contribution in [0.2, 0.25) is 0 Å². The van der Waals surface area contributed by atoms with E-state index in [1.54, 1.807) is 0 Å². The molecule has 0 fully saturated rings. The first-order valence-corrected chi connectivity index (χ1v) is 7.67. The maximum absolute atomic E-state index is 4.84. The molecule has 23 heavy (non-hydrogen) atoms. The molecular formula is C22H15N. The van der Waals surface area contributed by atoms with Gasteiger partial charge in [0.2, 0.25) is 0 Å². The van der Waals surface area contributed by atoms with E-state index in [0.29, 0.717) is 0 Å². The molecular weight excluding hydrogens is 278 g/mol. The molecule has 3 aromatic carbocycles. The first-order chi connectivity index (χ1) is 11.3. The van der Waals surface area contributed by atoms with Gasteiger partial charge in [-0.15, -0.1) is 0 Å². The summed E-state index contributed by atoms with van der Waals surface area (Å²) in [7, 11) is 0. The fraction of sp³-hybridized carbons (Fsp3) is 0.0455. The van der Waals surface area contributed by atoms with Crippen molar-refractivity contribution in [3.63, 3.8) is 0 Å². The Hall–Kier alpha value is -3.11. The second kappa shape index (κ2) is 5.59. The predicted octanol–water partition coefficient (Wildman–Crippen LogP) is 5.10. The maximum Gasteiger partial charge on any atom is 0.117 e. The van der Waals surface area contributed by atoms with E-state index in [-0.39, 0.29) is 0 Å². The smallest absolute Gasteiger partial charge is 0.117 e. The lowest BCUT2D eigenvalue weighted by molar-refractivity contribution is 1.29. The van der Waals surface area contributed by atoms with Gasteiger partial charge in [0, 0.05) is 16.3 Å². The van der Waals surface area contributed by atoms with Gasteiger partial charge in [0.1, 0.15) is 5.69 Å². The molecule has 0 amide bonds. The minimum Gasteiger partial charge on any atom is -0.238 e. The van der Waals surface area contributed by atoms with Crippen LogP contribution in [0.15, 0.2) is 72.8 Å². The zero-order valence-corrected chi connectivity index (χ0v) is 12.9. The molecule has 0 unspecified atom stereocenters. The first-order valence-electron chi connectivity index (χ1n) is 7.67. The van der Waals surface area contributed by atoms with Crippen LogP contribution in [-0.4, -0.2) is 4.98 Å². The van der Waals surface area contributed by atoms with Crippen LogP contribution in [-0.2, 0) is 0 Å². The molecule has 1 nitrogen and oxygen atoms in total. The van der Waals surface area contributed by atoms with Gasteiger partial charge >= 0.3 is 0 Å². The normalized spacial score (nSPS) is 10.5. The molecule has 0 N–H and O–H groups in total. The molecule has 0 aliphatic heterocycles. The fourth-order valence-electron chi connectivity index (χ4n) is 2.79. The summed E-state index contributed by atoms with van der Waals surface area (Å²) < 4.78 is 0. The molecule has 4 rings (SSSR count). The van der Waals surface area contributed by atoms with Crippen molar-refractivity contribution in [1.82, 2.24) is 4.98 Å². The summed E-state index contributed by atoms with van der Waals surface area (Å²) in [5.74, 6) is 6.43. The molecule has 0 aliphatic carbocycles. The van der Waals surface area contributed by atoms with Crippen LogP contribution >= 0.6 is 0 Å². The second-order valence-electron chi connectivity index (χ2n) is 5.63. The third kappa shape index (κ3) is 2.56. The minimum atomic E-state index is 0.845. The van der Waals surface area contributed by atoms with E-state index >= 15 is 0 Å². The SMILES string of the molecule is Cc1cc2ccc3ccccc3c2nc1C#Cc1ccccc1. The Balaban J connectivity index is 1.92. The lowest BCUT2D eigenvalue weighted by Crippen LogP contribution is -1.91. The number of fused-ring (bicyclic) bond motifs is 3. The number of aromatic nitrogens is 1. The second-order valence-corrected chi connectivity index (χ2v) is 5.63. The van der Waals surface area contributed by atoms with E-state index in [0.717, 1.165) is 27.7 Å². The zero-order chi connectivity index (χ0) is 15.6. The number of hydrogen-bond acceptors (Lipinski definition) is 1. The number of pyridine rings is 1. The van der Waals surface area contributed by atoms with Gasteiger partial charge < -0.3 is 0 Å². The largest absolute Gasteiger partial charge is 0.238 e. The fourth-order valence-corrected chi connectivity index (χ4v) is 2.79. The topological polar surface area (TPSA) is 12.9 Å². The van der Waals surface area contributed by atoms with E-state index < -0.39 is 0 Å². The summed E-state index contributed by atoms with van der Waals surface area (Å²) in [6.45, 7) is 2.07. The summed E-state index contributed by atoms with van der Waals surface area (Å²) in [4.78, 5) is 4.84. The van der Waals surface area contributed by atoms with Crippen LogP contribution in [0.5, 0.6) is 0 Å². The molecule has 0 spiro atoms. The van der Waals surface area contributed by atoms with Crippen molar-refractivity contribution in [2.24, 2.45) is 0 Å². The molecule has 1 heteroatoms. The van der Waals surface area contributed by atoms with Crippen LogP contribution < -0.4 is 0 Å². The number of hydrogen-bond donors (Lipinski definition) is 0. The number of rotatable bonds is 0. The average Bonchev–Trinajstić information content (AvgIpc) is 2.61. The molecule has 0 saturated heterocycles. The predicted molar refractivity (Wildman–Crippen MR) is 96.4 cm³/mol. The van der Waals surface area contributed by atoms with E-state index in [2.05, 4.69) is 61.2 Å². The quantitative estimate of drug-likeness (QED) is 0.325. The van der Waals surface area contributed by atoms with Gasteiger partial charge in [-0.25, -0.2) is 4.98 Å². The van der Waals surface area contributed by atoms with E-state index in [9.17, 15) is 0 Å². The summed E-state index contributed by atoms with van der Waals surface area (Å²) in [6, 6.07) is 24.8. The number of benzene rings is 3. The highest BCUT2D eigenvalue weighted by Gasteiger charge is 2.05. The molecule has 0 bridgehead atoms. The van der Waals surface area contributed by atoms with E-state index in [4.69, 9.17) is 4.98 Å². The Kier molecular flexibility index (Phi) is 3.29. The van der Waals surface area contributed by atoms with Gasteiger partial charge in [0.15, 0.2) is 0 Å². The van der Waals surface area contributed by atoms with Gasteiger partial charge in [-0.2, -0.15) is 0 Å². The Morgan fingerprint density at radius 3 is 2.35 bits per heavy atom. The van der Waals surface area contributed by atoms with Gasteiger partial charge in [0.25, 0.3) is 0 Å². The molecule has 1 aromatic heterocycles. The Morgan fingerprint density at radius 2 is 1.48 bits per heavy atom. The molecule has 1 heterocycles. The molecule has 108 valence electrons. The molecule has 0 atom stereocenters. The average molecular weight is 293 g/mol. The van der Waals surface area contributed by atoms with E-state index in [1.807, 2.05) is 30.3 Å². The minimum absolute atomic E-state index is 0.845. The van der Waals surface area contributed by atoms with Crippen molar-refractivity contribution in [1.29, 1.82) is 0 Å². The van der Waals surface area contributed by atoms with Crippen LogP contribution in [0.25, 0.3) is 21.7 Å². The summed E-state index contributed by atoms with van der Waals surface area (Å²) in [5.41, 5.74) is 3.98. The van der Waals surface area contributed by atoms with Crippen molar-refractivity contribution in [3.05, 3.63) is 89.6 Å². The van der Waals surface area contributed by atoms with Gasteiger partial charge in [-0.1, -0.05) is 60.5 Å². The Bertz CT molecular complexity index is 1070. The van der Waals surface area contributed by atoms with Crippen LogP contribution in [0.4, 0.5) is 0 Å². The lowest BCUT2D eigenvalue weighted by atomic mass is 10.0. The van der Waals surface area contributed by atoms with Crippen LogP contribution in [0.1, 0.15) is 16.8 Å². The summed E-state index contributed by atoms with van der Waals surface area (Å²) in [6.07, 6.45) is 0. The third-order valence-corrected chi connectivity index (χ3v) is 4.00. The van der Waals surface area contributed by atoms with Crippen molar-refractivity contribution >= 4 is 21.7 Å². The molecule has 4 aromatic rings. The van der Waals surface area contributed by atoms with Crippen molar-refractivity contribution in [2.75, 3.05) is 0 Å². The Labute approximate surface area is 135 Å². The van der Waals surface area contributed by atoms with Gasteiger partial charge in [-0.05, 0) is 42.0 Å². The highest BCUT2D eigenvalue weighted by molar-refractivity contribution is 6.05. The zero-order valence-electron chi connectivity index (χ0n) is 12.9. The van der Waals surface area contributed by atoms with Crippen molar-refractivity contribution in [2.45, 2.75) is 6.92 Å². The standard InChI is InChI=1S/C22H15N/c1-16-15-19-13-12-18-9-5-6-10-20(18)22(19)23-21(16)14-11-17-7-3-2-4-8-17/h2-10,12-13,15H,1H3. The highest BCUT2D eigenvalue weighted by Crippen LogP contribution is 2.25. The van der Waals surface area contributed by atoms with Gasteiger partial charge in [0.05, 0.1) is 5.52 Å². The summed E-state index contributed by atoms with van der Waals surface area (Å²) in [5, 5.41) is 3.54. The van der Waals surface area contributed by atoms with Crippen LogP contribution in [0, 0.1) is 18.8 Å². The number of nitrogens with zero attached hydrogens (tertiary/aromatic N) is 1. The van der Waals surface area contributed by atoms with Crippen LogP contribution in [0.3, 0.4) is 0 Å². The monoisotopic (exact) mass is 293 g/mol. The highest BCUT2D eigenvalue weighted by atomic mass is 14.7. The van der Waals surface area contributed by atoms with Gasteiger partial charge in [-0.3, -0.25) is 0 Å². The Morgan fingerprint density at radius 1 is 0.739 bits per heavy atom. The van der Waals surface area contributed by atoms with E-state index in [1.165, 1.54) is 10.8 Å². The number of aryl methyl sites for hydroxylation is 1. The molecule has 0 saturated carbocycles. The first kappa shape index (κ1) is 13.5. The van der Waals surface area contributed by atoms with Crippen molar-refractivity contribution in [3.8, 4) is 11.8 Å². The molecule has 0 aliphatic rings.